The lowest BCUT2D eigenvalue weighted by molar-refractivity contribution is -0.139. The van der Waals surface area contributed by atoms with Gasteiger partial charge in [0.25, 0.3) is 0 Å². The molecular weight excluding hydrogens is 1150 g/mol. The zero-order valence-electron chi connectivity index (χ0n) is 51.9. The molecule has 0 heterocycles. The third-order valence-electron chi connectivity index (χ3n) is 12.1. The van der Waals surface area contributed by atoms with Crippen LogP contribution in [0.1, 0.15) is 224 Å². The molecule has 18 heteroatoms. The fraction of sp³-hybridized carbons (Fsp3) is 0.547. The number of alkyl carbamates (subject to hydrolysis) is 1. The van der Waals surface area contributed by atoms with Gasteiger partial charge in [0.1, 0.15) is 5.60 Å². The lowest BCUT2D eigenvalue weighted by atomic mass is 9.86. The highest BCUT2D eigenvalue weighted by atomic mass is 35.5. The van der Waals surface area contributed by atoms with E-state index in [-0.39, 0.29) is 75.6 Å². The lowest BCUT2D eigenvalue weighted by Gasteiger charge is -2.28. The van der Waals surface area contributed by atoms with E-state index in [4.69, 9.17) is 66.3 Å². The molecule has 0 bridgehead atoms. The molecule has 0 radical (unpaired) electrons. The van der Waals surface area contributed by atoms with E-state index in [0.29, 0.717) is 38.7 Å². The second-order valence-corrected chi connectivity index (χ2v) is 26.3. The van der Waals surface area contributed by atoms with Crippen molar-refractivity contribution in [1.29, 1.82) is 0 Å². The fourth-order valence-corrected chi connectivity index (χ4v) is 9.08. The van der Waals surface area contributed by atoms with Crippen molar-refractivity contribution in [3.05, 3.63) is 138 Å². The summed E-state index contributed by atoms with van der Waals surface area (Å²) in [6.07, 6.45) is 2.60. The van der Waals surface area contributed by atoms with Crippen LogP contribution in [0.3, 0.4) is 0 Å². The van der Waals surface area contributed by atoms with E-state index in [1.54, 1.807) is 63.2 Å². The Kier molecular flexibility index (Phi) is 34.3. The summed E-state index contributed by atoms with van der Waals surface area (Å²) in [6, 6.07) is 24.1. The Morgan fingerprint density at radius 2 is 0.939 bits per heavy atom. The molecule has 4 aromatic carbocycles. The molecule has 460 valence electrons. The highest BCUT2D eigenvalue weighted by molar-refractivity contribution is 6.35. The maximum atomic E-state index is 13.1. The number of esters is 2. The fourth-order valence-electron chi connectivity index (χ4n) is 7.99. The molecule has 5 N–H and O–H groups in total. The Morgan fingerprint density at radius 3 is 1.27 bits per heavy atom. The molecule has 0 aliphatic heterocycles. The lowest BCUT2D eigenvalue weighted by Crippen LogP contribution is -2.38. The second-order valence-electron chi connectivity index (χ2n) is 24.6. The van der Waals surface area contributed by atoms with Crippen LogP contribution in [0.25, 0.3) is 0 Å². The predicted molar refractivity (Wildman–Crippen MR) is 340 cm³/mol. The Morgan fingerprint density at radius 1 is 0.561 bits per heavy atom. The first-order valence-electron chi connectivity index (χ1n) is 27.8. The van der Waals surface area contributed by atoms with Crippen LogP contribution < -0.4 is 16.4 Å². The van der Waals surface area contributed by atoms with E-state index in [1.165, 1.54) is 18.2 Å². The van der Waals surface area contributed by atoms with Crippen molar-refractivity contribution in [2.45, 2.75) is 211 Å². The van der Waals surface area contributed by atoms with Crippen LogP contribution in [0.5, 0.6) is 0 Å². The Hall–Kier alpha value is -4.60. The molecule has 0 aliphatic carbocycles. The number of ether oxygens (including phenoxy) is 3. The molecule has 0 fully saturated rings. The van der Waals surface area contributed by atoms with Crippen molar-refractivity contribution in [1.82, 2.24) is 15.5 Å². The summed E-state index contributed by atoms with van der Waals surface area (Å²) in [6.45, 7) is 39.7. The van der Waals surface area contributed by atoms with Gasteiger partial charge in [0.15, 0.2) is 6.04 Å². The highest BCUT2D eigenvalue weighted by Gasteiger charge is 2.27. The first-order valence-corrected chi connectivity index (χ1v) is 29.3. The van der Waals surface area contributed by atoms with Gasteiger partial charge in [-0.05, 0) is 209 Å². The first kappa shape index (κ1) is 77.4. The van der Waals surface area contributed by atoms with Gasteiger partial charge in [-0.15, -0.1) is 12.4 Å². The van der Waals surface area contributed by atoms with E-state index in [9.17, 15) is 29.1 Å². The van der Waals surface area contributed by atoms with Crippen molar-refractivity contribution in [3.8, 4) is 0 Å². The van der Waals surface area contributed by atoms with Gasteiger partial charge >= 0.3 is 24.0 Å². The largest absolute Gasteiger partial charge is 0.479 e. The van der Waals surface area contributed by atoms with Gasteiger partial charge in [0.2, 0.25) is 5.91 Å². The molecular formula is C64H95Cl5N4O9. The highest BCUT2D eigenvalue weighted by Crippen LogP contribution is 2.31. The predicted octanol–water partition coefficient (Wildman–Crippen LogP) is 17.6. The van der Waals surface area contributed by atoms with Crippen molar-refractivity contribution in [2.24, 2.45) is 16.6 Å². The molecule has 0 saturated heterocycles. The number of hydrogen-bond donors (Lipinski definition) is 4. The monoisotopic (exact) mass is 1240 g/mol. The topological polar surface area (TPSA) is 187 Å². The molecule has 13 nitrogen and oxygen atoms in total. The maximum absolute atomic E-state index is 13.1. The van der Waals surface area contributed by atoms with Crippen molar-refractivity contribution >= 4 is 88.7 Å². The molecule has 4 atom stereocenters. The molecule has 0 spiro atoms. The van der Waals surface area contributed by atoms with E-state index in [0.717, 1.165) is 48.9 Å². The zero-order valence-corrected chi connectivity index (χ0v) is 55.7. The van der Waals surface area contributed by atoms with Crippen LogP contribution in [0.15, 0.2) is 84.9 Å². The summed E-state index contributed by atoms with van der Waals surface area (Å²) in [5.74, 6) is -2.40. The number of hydrogen-bond acceptors (Lipinski definition) is 10. The van der Waals surface area contributed by atoms with Crippen LogP contribution in [-0.4, -0.2) is 76.4 Å². The second kappa shape index (κ2) is 36.3. The standard InChI is InChI=1S/C26H33Cl2NO3.C17H27NO2.C13H15Cl2NO4.C8H19N.ClH/c1-16(2)32-25(31)19-9-7-18(8-10-19)23(11-12-26(4,5)6)29-24(30)17(3)20-13-21(27)15-22(28)14-20;1-12(2)20-16(19)14-8-6-13(7-9-14)15(18)10-11-17(3,4)5;1-13(2,3)20-12(19)16-10(11(17)18)7-4-8(14)6-9(15)5-7;1-6-9(7(2)3)8(4)5;/h7-10,13-17,23H,11-12H2,1-6H3,(H,29,30);6-9,12,15H,10-11,18H2,1-5H3;4-6,10H,1-3H3,(H,16,19)(H,17,18);7-8H,6H2,1-5H3;1H/t17?,23-;15-;;;/m11.../s1. The van der Waals surface area contributed by atoms with Crippen LogP contribution in [0, 0.1) is 10.8 Å². The first-order chi connectivity index (χ1) is 37.2. The average Bonchev–Trinajstić information content (AvgIpc) is 3.32. The number of aliphatic carboxylic acids is 1. The molecule has 4 aromatic rings. The van der Waals surface area contributed by atoms with Gasteiger partial charge in [-0.3, -0.25) is 9.69 Å². The molecule has 0 saturated carbocycles. The minimum absolute atomic E-state index is 0. The summed E-state index contributed by atoms with van der Waals surface area (Å²) >= 11 is 23.9. The molecule has 0 aromatic heterocycles. The number of rotatable bonds is 19. The number of nitrogens with zero attached hydrogens (tertiary/aromatic N) is 1. The summed E-state index contributed by atoms with van der Waals surface area (Å²) in [5, 5.41) is 16.2. The number of carboxylic acids is 1. The van der Waals surface area contributed by atoms with Gasteiger partial charge in [-0.1, -0.05) is 119 Å². The quantitative estimate of drug-likeness (QED) is 0.0517. The summed E-state index contributed by atoms with van der Waals surface area (Å²) in [7, 11) is 0. The average molecular weight is 1240 g/mol. The molecule has 2 unspecified atom stereocenters. The maximum Gasteiger partial charge on any atom is 0.408 e. The molecule has 2 amide bonds. The minimum Gasteiger partial charge on any atom is -0.479 e. The summed E-state index contributed by atoms with van der Waals surface area (Å²) in [5.41, 5.74) is 9.99. The van der Waals surface area contributed by atoms with E-state index < -0.39 is 29.6 Å². The van der Waals surface area contributed by atoms with Crippen LogP contribution >= 0.6 is 58.8 Å². The Bertz CT molecular complexity index is 2540. The van der Waals surface area contributed by atoms with E-state index >= 15 is 0 Å². The van der Waals surface area contributed by atoms with Gasteiger partial charge in [-0.25, -0.2) is 19.2 Å². The van der Waals surface area contributed by atoms with E-state index in [1.807, 2.05) is 58.9 Å². The number of nitrogens with one attached hydrogen (secondary N) is 2. The summed E-state index contributed by atoms with van der Waals surface area (Å²) in [4.78, 5) is 62.4. The minimum atomic E-state index is -1.29. The van der Waals surface area contributed by atoms with Gasteiger partial charge in [-0.2, -0.15) is 0 Å². The Balaban J connectivity index is 0.00000115. The Labute approximate surface area is 517 Å². The number of carbonyl (C=O) groups is 5. The number of carboxylic acid groups (broad SMARTS) is 1. The molecule has 4 rings (SSSR count). The number of benzene rings is 4. The number of amides is 2. The smallest absolute Gasteiger partial charge is 0.408 e. The van der Waals surface area contributed by atoms with Crippen molar-refractivity contribution in [3.63, 3.8) is 0 Å². The van der Waals surface area contributed by atoms with Crippen molar-refractivity contribution in [2.75, 3.05) is 6.54 Å². The third-order valence-corrected chi connectivity index (χ3v) is 13.0. The van der Waals surface area contributed by atoms with Gasteiger partial charge < -0.3 is 35.7 Å². The number of halogens is 5. The van der Waals surface area contributed by atoms with Gasteiger partial charge in [0.05, 0.1) is 35.3 Å². The van der Waals surface area contributed by atoms with Crippen LogP contribution in [-0.2, 0) is 23.8 Å². The van der Waals surface area contributed by atoms with E-state index in [2.05, 4.69) is 91.7 Å². The normalized spacial score (nSPS) is 12.9. The zero-order chi connectivity index (χ0) is 62.3. The number of nitrogens with two attached hydrogens (primary N) is 1. The van der Waals surface area contributed by atoms with Crippen LogP contribution in [0.4, 0.5) is 4.79 Å². The van der Waals surface area contributed by atoms with Crippen LogP contribution in [0.2, 0.25) is 20.1 Å². The molecule has 0 aliphatic rings. The molecule has 82 heavy (non-hydrogen) atoms. The third kappa shape index (κ3) is 31.9. The summed E-state index contributed by atoms with van der Waals surface area (Å²) < 4.78 is 15.4. The number of carbonyl (C=O) groups excluding carboxylic acids is 4. The van der Waals surface area contributed by atoms with Crippen molar-refractivity contribution < 1.29 is 43.3 Å². The SMILES string of the molecule is CC(C)(C)OC(=O)NC(C(=O)O)c1cc(Cl)cc(Cl)c1.CC(C)OC(=O)c1ccc([C@@H](CCC(C)(C)C)NC(=O)C(C)c2cc(Cl)cc(Cl)c2)cc1.CC(C)OC(=O)c1ccc([C@H](N)CCC(C)(C)C)cc1.CCN(C(C)C)C(C)C.Cl. The van der Waals surface area contributed by atoms with Gasteiger partial charge in [0, 0.05) is 38.2 Å².